The quantitative estimate of drug-likeness (QED) is 0.758. The lowest BCUT2D eigenvalue weighted by atomic mass is 10.0. The number of piperazine rings is 1. The Morgan fingerprint density at radius 2 is 1.56 bits per heavy atom. The van der Waals surface area contributed by atoms with Crippen LogP contribution in [0.1, 0.15) is 34.6 Å². The van der Waals surface area contributed by atoms with Gasteiger partial charge in [0.2, 0.25) is 0 Å². The van der Waals surface area contributed by atoms with Gasteiger partial charge in [0.05, 0.1) is 0 Å². The summed E-state index contributed by atoms with van der Waals surface area (Å²) in [6.45, 7) is 20.5. The first-order valence-corrected chi connectivity index (χ1v) is 7.57. The van der Waals surface area contributed by atoms with Gasteiger partial charge in [0.15, 0.2) is 0 Å². The molecule has 3 heteroatoms. The maximum Gasteiger partial charge on any atom is 0.0351 e. The zero-order valence-corrected chi connectivity index (χ0v) is 12.9. The molecule has 2 saturated heterocycles. The van der Waals surface area contributed by atoms with Crippen molar-refractivity contribution in [2.24, 2.45) is 5.92 Å². The summed E-state index contributed by atoms with van der Waals surface area (Å²) in [6.07, 6.45) is 0. The average molecular weight is 253 g/mol. The third kappa shape index (κ3) is 3.46. The van der Waals surface area contributed by atoms with Crippen LogP contribution in [-0.2, 0) is 0 Å². The van der Waals surface area contributed by atoms with E-state index in [4.69, 9.17) is 0 Å². The Morgan fingerprint density at radius 3 is 2.00 bits per heavy atom. The summed E-state index contributed by atoms with van der Waals surface area (Å²) in [5.41, 5.74) is 0.343. The summed E-state index contributed by atoms with van der Waals surface area (Å²) in [5, 5.41) is 0. The highest BCUT2D eigenvalue weighted by atomic mass is 15.4. The van der Waals surface area contributed by atoms with Crippen LogP contribution in [0, 0.1) is 5.92 Å². The molecule has 106 valence electrons. The molecule has 2 aliphatic rings. The van der Waals surface area contributed by atoms with E-state index in [-0.39, 0.29) is 0 Å². The van der Waals surface area contributed by atoms with Crippen molar-refractivity contribution >= 4 is 0 Å². The Morgan fingerprint density at radius 1 is 1.00 bits per heavy atom. The summed E-state index contributed by atoms with van der Waals surface area (Å²) < 4.78 is 0. The van der Waals surface area contributed by atoms with Crippen LogP contribution in [0.3, 0.4) is 0 Å². The number of likely N-dealkylation sites (tertiary alicyclic amines) is 1. The van der Waals surface area contributed by atoms with E-state index in [2.05, 4.69) is 49.3 Å². The Hall–Kier alpha value is -0.120. The molecule has 2 fully saturated rings. The van der Waals surface area contributed by atoms with Crippen molar-refractivity contribution in [1.29, 1.82) is 0 Å². The standard InChI is InChI=1S/C15H31N3/c1-13(2)10-16-11-14(12-16)17-6-8-18(9-7-17)15(3,4)5/h13-14H,6-12H2,1-5H3. The van der Waals surface area contributed by atoms with Gasteiger partial charge in [0.1, 0.15) is 0 Å². The molecule has 0 spiro atoms. The highest BCUT2D eigenvalue weighted by Gasteiger charge is 2.35. The molecule has 0 saturated carbocycles. The van der Waals surface area contributed by atoms with Crippen LogP contribution < -0.4 is 0 Å². The van der Waals surface area contributed by atoms with E-state index in [1.807, 2.05) is 0 Å². The van der Waals surface area contributed by atoms with Crippen molar-refractivity contribution in [3.05, 3.63) is 0 Å². The minimum absolute atomic E-state index is 0.343. The van der Waals surface area contributed by atoms with Gasteiger partial charge in [-0.3, -0.25) is 14.7 Å². The third-order valence-electron chi connectivity index (χ3n) is 4.34. The summed E-state index contributed by atoms with van der Waals surface area (Å²) in [4.78, 5) is 7.93. The maximum atomic E-state index is 2.71. The fraction of sp³-hybridized carbons (Fsp3) is 1.00. The summed E-state index contributed by atoms with van der Waals surface area (Å²) in [5.74, 6) is 0.809. The van der Waals surface area contributed by atoms with E-state index in [1.54, 1.807) is 0 Å². The fourth-order valence-corrected chi connectivity index (χ4v) is 3.20. The fourth-order valence-electron chi connectivity index (χ4n) is 3.20. The van der Waals surface area contributed by atoms with Crippen molar-refractivity contribution in [3.63, 3.8) is 0 Å². The Kier molecular flexibility index (Phi) is 4.35. The number of nitrogens with zero attached hydrogens (tertiary/aromatic N) is 3. The highest BCUT2D eigenvalue weighted by Crippen LogP contribution is 2.21. The molecule has 0 unspecified atom stereocenters. The topological polar surface area (TPSA) is 9.72 Å². The molecule has 0 aromatic heterocycles. The maximum absolute atomic E-state index is 2.71. The second kappa shape index (κ2) is 5.48. The van der Waals surface area contributed by atoms with E-state index in [0.29, 0.717) is 5.54 Å². The minimum Gasteiger partial charge on any atom is -0.300 e. The van der Waals surface area contributed by atoms with Crippen LogP contribution >= 0.6 is 0 Å². The van der Waals surface area contributed by atoms with Crippen molar-refractivity contribution in [2.45, 2.75) is 46.2 Å². The predicted octanol–water partition coefficient (Wildman–Crippen LogP) is 1.74. The van der Waals surface area contributed by atoms with E-state index >= 15 is 0 Å². The van der Waals surface area contributed by atoms with Crippen LogP contribution in [0.2, 0.25) is 0 Å². The van der Waals surface area contributed by atoms with Gasteiger partial charge < -0.3 is 0 Å². The van der Waals surface area contributed by atoms with E-state index < -0.39 is 0 Å². The van der Waals surface area contributed by atoms with Gasteiger partial charge in [0, 0.05) is 57.4 Å². The molecule has 0 aromatic carbocycles. The van der Waals surface area contributed by atoms with E-state index in [0.717, 1.165) is 12.0 Å². The molecule has 0 bridgehead atoms. The van der Waals surface area contributed by atoms with Crippen LogP contribution in [0.4, 0.5) is 0 Å². The second-order valence-electron chi connectivity index (χ2n) is 7.46. The lowest BCUT2D eigenvalue weighted by Crippen LogP contribution is -2.64. The first-order chi connectivity index (χ1) is 8.36. The highest BCUT2D eigenvalue weighted by molar-refractivity contribution is 4.92. The van der Waals surface area contributed by atoms with Crippen molar-refractivity contribution in [2.75, 3.05) is 45.8 Å². The van der Waals surface area contributed by atoms with Gasteiger partial charge in [0.25, 0.3) is 0 Å². The molecule has 2 heterocycles. The Balaban J connectivity index is 1.69. The molecule has 0 amide bonds. The molecule has 0 atom stereocenters. The number of hydrogen-bond donors (Lipinski definition) is 0. The van der Waals surface area contributed by atoms with Crippen LogP contribution in [0.25, 0.3) is 0 Å². The molecular formula is C15H31N3. The van der Waals surface area contributed by atoms with Gasteiger partial charge in [-0.2, -0.15) is 0 Å². The van der Waals surface area contributed by atoms with E-state index in [9.17, 15) is 0 Å². The number of hydrogen-bond acceptors (Lipinski definition) is 3. The first kappa shape index (κ1) is 14.3. The van der Waals surface area contributed by atoms with Gasteiger partial charge >= 0.3 is 0 Å². The minimum atomic E-state index is 0.343. The van der Waals surface area contributed by atoms with Crippen molar-refractivity contribution in [3.8, 4) is 0 Å². The zero-order chi connectivity index (χ0) is 13.3. The average Bonchev–Trinajstić information content (AvgIpc) is 2.21. The van der Waals surface area contributed by atoms with Gasteiger partial charge in [-0.1, -0.05) is 13.8 Å². The molecule has 2 aliphatic heterocycles. The zero-order valence-electron chi connectivity index (χ0n) is 12.9. The first-order valence-electron chi connectivity index (χ1n) is 7.57. The Bertz CT molecular complexity index is 255. The molecule has 0 aromatic rings. The largest absolute Gasteiger partial charge is 0.300 e. The van der Waals surface area contributed by atoms with Gasteiger partial charge in [-0.25, -0.2) is 0 Å². The SMILES string of the molecule is CC(C)CN1CC(N2CCN(C(C)(C)C)CC2)C1. The molecule has 2 rings (SSSR count). The van der Waals surface area contributed by atoms with Crippen molar-refractivity contribution < 1.29 is 0 Å². The molecule has 0 aliphatic carbocycles. The van der Waals surface area contributed by atoms with Crippen LogP contribution in [0.15, 0.2) is 0 Å². The lowest BCUT2D eigenvalue weighted by molar-refractivity contribution is -0.0171. The smallest absolute Gasteiger partial charge is 0.0351 e. The number of rotatable bonds is 3. The molecule has 0 N–H and O–H groups in total. The monoisotopic (exact) mass is 253 g/mol. The Labute approximate surface area is 113 Å². The van der Waals surface area contributed by atoms with Gasteiger partial charge in [-0.15, -0.1) is 0 Å². The summed E-state index contributed by atoms with van der Waals surface area (Å²) >= 11 is 0. The second-order valence-corrected chi connectivity index (χ2v) is 7.46. The van der Waals surface area contributed by atoms with Crippen molar-refractivity contribution in [1.82, 2.24) is 14.7 Å². The third-order valence-corrected chi connectivity index (χ3v) is 4.34. The lowest BCUT2D eigenvalue weighted by Gasteiger charge is -2.50. The van der Waals surface area contributed by atoms with Crippen LogP contribution in [-0.4, -0.2) is 72.1 Å². The predicted molar refractivity (Wildman–Crippen MR) is 78.0 cm³/mol. The molecule has 3 nitrogen and oxygen atoms in total. The molecular weight excluding hydrogens is 222 g/mol. The molecule has 18 heavy (non-hydrogen) atoms. The van der Waals surface area contributed by atoms with Gasteiger partial charge in [-0.05, 0) is 26.7 Å². The normalized spacial score (nSPS) is 25.7. The molecule has 0 radical (unpaired) electrons. The summed E-state index contributed by atoms with van der Waals surface area (Å²) in [7, 11) is 0. The van der Waals surface area contributed by atoms with Crippen LogP contribution in [0.5, 0.6) is 0 Å². The summed E-state index contributed by atoms with van der Waals surface area (Å²) in [6, 6.07) is 0.839. The van der Waals surface area contributed by atoms with E-state index in [1.165, 1.54) is 45.8 Å².